The van der Waals surface area contributed by atoms with Gasteiger partial charge in [-0.15, -0.1) is 0 Å². The molecular formula is C17H25N5O5. The van der Waals surface area contributed by atoms with Crippen LogP contribution < -0.4 is 21.8 Å². The van der Waals surface area contributed by atoms with Gasteiger partial charge >= 0.3 is 6.09 Å². The average molecular weight is 379 g/mol. The van der Waals surface area contributed by atoms with Crippen molar-refractivity contribution in [3.8, 4) is 5.88 Å². The van der Waals surface area contributed by atoms with E-state index in [4.69, 9.17) is 20.4 Å². The smallest absolute Gasteiger partial charge is 0.402 e. The van der Waals surface area contributed by atoms with Crippen LogP contribution in [0.3, 0.4) is 0 Å². The Labute approximate surface area is 156 Å². The molecule has 0 spiro atoms. The van der Waals surface area contributed by atoms with Crippen molar-refractivity contribution in [3.05, 3.63) is 34.6 Å². The minimum Gasteiger partial charge on any atom is -0.481 e. The molecule has 3 heterocycles. The molecule has 0 radical (unpaired) electrons. The Balaban J connectivity index is 0.000000596. The van der Waals surface area contributed by atoms with Crippen LogP contribution >= 0.6 is 0 Å². The summed E-state index contributed by atoms with van der Waals surface area (Å²) < 4.78 is 6.81. The maximum atomic E-state index is 12.2. The van der Waals surface area contributed by atoms with Crippen LogP contribution in [0.4, 0.5) is 4.79 Å². The van der Waals surface area contributed by atoms with Gasteiger partial charge in [0, 0.05) is 49.6 Å². The van der Waals surface area contributed by atoms with Crippen molar-refractivity contribution in [1.82, 2.24) is 14.5 Å². The Morgan fingerprint density at radius 2 is 1.96 bits per heavy atom. The number of likely N-dealkylation sites (tertiary alicyclic amines) is 1. The largest absolute Gasteiger partial charge is 0.481 e. The summed E-state index contributed by atoms with van der Waals surface area (Å²) in [6.07, 6.45) is -1.72. The minimum atomic E-state index is -1.33. The fraction of sp³-hybridized carbons (Fsp3) is 0.471. The van der Waals surface area contributed by atoms with E-state index in [0.29, 0.717) is 37.7 Å². The van der Waals surface area contributed by atoms with Crippen LogP contribution in [0.2, 0.25) is 0 Å². The molecule has 10 heteroatoms. The van der Waals surface area contributed by atoms with E-state index in [9.17, 15) is 9.90 Å². The fourth-order valence-corrected chi connectivity index (χ4v) is 3.07. The zero-order valence-electron chi connectivity index (χ0n) is 15.1. The monoisotopic (exact) mass is 379 g/mol. The minimum absolute atomic E-state index is 0.0895. The summed E-state index contributed by atoms with van der Waals surface area (Å²) >= 11 is 0. The number of hydrogen-bond donors (Lipinski definition) is 4. The maximum absolute atomic E-state index is 12.2. The summed E-state index contributed by atoms with van der Waals surface area (Å²) in [7, 11) is 1.55. The number of β-amino-alcohol motifs (C(OH)–C–C–N with tert-alkyl or cyclic N) is 1. The molecule has 148 valence electrons. The van der Waals surface area contributed by atoms with Gasteiger partial charge in [0.2, 0.25) is 5.88 Å². The van der Waals surface area contributed by atoms with Crippen molar-refractivity contribution in [2.24, 2.45) is 17.4 Å². The molecule has 0 aliphatic carbocycles. The lowest BCUT2D eigenvalue weighted by molar-refractivity contribution is 0.144. The Morgan fingerprint density at radius 3 is 2.56 bits per heavy atom. The van der Waals surface area contributed by atoms with Gasteiger partial charge in [-0.05, 0) is 18.7 Å². The van der Waals surface area contributed by atoms with Crippen molar-refractivity contribution >= 4 is 17.1 Å². The quantitative estimate of drug-likeness (QED) is 0.530. The molecule has 27 heavy (non-hydrogen) atoms. The second-order valence-electron chi connectivity index (χ2n) is 6.25. The highest BCUT2D eigenvalue weighted by Crippen LogP contribution is 2.17. The van der Waals surface area contributed by atoms with Gasteiger partial charge in [-0.25, -0.2) is 4.79 Å². The number of ether oxygens (including phenoxy) is 1. The molecule has 10 nitrogen and oxygen atoms in total. The summed E-state index contributed by atoms with van der Waals surface area (Å²) in [5, 5.41) is 18.0. The second-order valence-corrected chi connectivity index (χ2v) is 6.25. The van der Waals surface area contributed by atoms with Crippen LogP contribution in [0, 0.1) is 5.92 Å². The van der Waals surface area contributed by atoms with Crippen molar-refractivity contribution < 1.29 is 19.7 Å². The highest BCUT2D eigenvalue weighted by Gasteiger charge is 2.29. The highest BCUT2D eigenvalue weighted by atomic mass is 16.5. The van der Waals surface area contributed by atoms with E-state index in [1.807, 2.05) is 6.07 Å². The van der Waals surface area contributed by atoms with Crippen LogP contribution in [0.5, 0.6) is 5.88 Å². The summed E-state index contributed by atoms with van der Waals surface area (Å²) in [5.74, 6) is 0.592. The van der Waals surface area contributed by atoms with Crippen LogP contribution in [0.15, 0.2) is 29.1 Å². The number of fused-ring (bicyclic) bond motifs is 1. The molecule has 1 aliphatic heterocycles. The Bertz CT molecular complexity index is 836. The van der Waals surface area contributed by atoms with Crippen molar-refractivity contribution in [3.63, 3.8) is 0 Å². The van der Waals surface area contributed by atoms with Gasteiger partial charge in [0.1, 0.15) is 5.65 Å². The number of primary amides is 1. The topological polar surface area (TPSA) is 157 Å². The van der Waals surface area contributed by atoms with E-state index in [1.54, 1.807) is 29.9 Å². The SMILES string of the molecule is COc1ccc2ccc(=O)n(CCN3C[C@H](CN)[C@H](O)C3)c2n1.NC(=O)O. The molecule has 0 bridgehead atoms. The molecular weight excluding hydrogens is 354 g/mol. The van der Waals surface area contributed by atoms with E-state index < -0.39 is 6.09 Å². The van der Waals surface area contributed by atoms with Gasteiger partial charge in [0.05, 0.1) is 13.2 Å². The molecule has 2 aromatic heterocycles. The second kappa shape index (κ2) is 9.31. The standard InChI is InChI=1S/C16H22N4O3.CH3NO2/c1-23-14-4-2-11-3-5-15(22)20(16(11)18-14)7-6-19-9-12(8-17)13(21)10-19;2-1(3)4/h2-5,12-13,21H,6-10,17H2,1H3;2H2,(H,3,4)/t12-,13+;/m0./s1. The van der Waals surface area contributed by atoms with Crippen molar-refractivity contribution in [2.75, 3.05) is 33.3 Å². The normalized spacial score (nSPS) is 19.5. The molecule has 6 N–H and O–H groups in total. The summed E-state index contributed by atoms with van der Waals surface area (Å²) in [5.41, 5.74) is 10.2. The molecule has 1 saturated heterocycles. The Hall–Kier alpha value is -2.69. The van der Waals surface area contributed by atoms with Gasteiger partial charge in [-0.1, -0.05) is 0 Å². The number of hydrogen-bond acceptors (Lipinski definition) is 7. The number of carbonyl (C=O) groups is 1. The van der Waals surface area contributed by atoms with E-state index in [1.165, 1.54) is 0 Å². The molecule has 0 unspecified atom stereocenters. The molecule has 3 rings (SSSR count). The third kappa shape index (κ3) is 5.39. The zero-order chi connectivity index (χ0) is 20.0. The lowest BCUT2D eigenvalue weighted by atomic mass is 10.1. The maximum Gasteiger partial charge on any atom is 0.402 e. The first-order valence-electron chi connectivity index (χ1n) is 8.49. The summed E-state index contributed by atoms with van der Waals surface area (Å²) in [6, 6.07) is 6.99. The number of nitrogens with zero attached hydrogens (tertiary/aromatic N) is 3. The van der Waals surface area contributed by atoms with Gasteiger partial charge in [-0.3, -0.25) is 14.3 Å². The fourth-order valence-electron chi connectivity index (χ4n) is 3.07. The first-order valence-corrected chi connectivity index (χ1v) is 8.49. The molecule has 2 aromatic rings. The number of pyridine rings is 2. The molecule has 0 saturated carbocycles. The highest BCUT2D eigenvalue weighted by molar-refractivity contribution is 5.75. The first kappa shape index (κ1) is 20.6. The third-order valence-corrected chi connectivity index (χ3v) is 4.44. The summed E-state index contributed by atoms with van der Waals surface area (Å²) in [6.45, 7) is 3.02. The number of rotatable bonds is 5. The third-order valence-electron chi connectivity index (χ3n) is 4.44. The number of aromatic nitrogens is 2. The number of aliphatic hydroxyl groups excluding tert-OH is 1. The van der Waals surface area contributed by atoms with E-state index in [0.717, 1.165) is 11.9 Å². The van der Waals surface area contributed by atoms with Gasteiger partial charge < -0.3 is 26.4 Å². The first-order chi connectivity index (χ1) is 12.8. The zero-order valence-corrected chi connectivity index (χ0v) is 15.1. The van der Waals surface area contributed by atoms with Crippen molar-refractivity contribution in [1.29, 1.82) is 0 Å². The summed E-state index contributed by atoms with van der Waals surface area (Å²) in [4.78, 5) is 27.5. The number of carboxylic acid groups (broad SMARTS) is 1. The van der Waals surface area contributed by atoms with Crippen LogP contribution in [0.1, 0.15) is 0 Å². The number of aliphatic hydroxyl groups is 1. The van der Waals surface area contributed by atoms with Gasteiger partial charge in [0.25, 0.3) is 5.56 Å². The lowest BCUT2D eigenvalue weighted by Gasteiger charge is -2.17. The van der Waals surface area contributed by atoms with Gasteiger partial charge in [0.15, 0.2) is 0 Å². The number of nitrogens with two attached hydrogens (primary N) is 2. The van der Waals surface area contributed by atoms with E-state index in [2.05, 4.69) is 15.6 Å². The lowest BCUT2D eigenvalue weighted by Crippen LogP contribution is -2.30. The average Bonchev–Trinajstić information content (AvgIpc) is 2.99. The van der Waals surface area contributed by atoms with Crippen LogP contribution in [-0.4, -0.2) is 70.2 Å². The van der Waals surface area contributed by atoms with Crippen LogP contribution in [-0.2, 0) is 6.54 Å². The predicted octanol–water partition coefficient (Wildman–Crippen LogP) is -0.720. The number of amides is 1. The molecule has 1 aliphatic rings. The van der Waals surface area contributed by atoms with Crippen LogP contribution in [0.25, 0.3) is 11.0 Å². The predicted molar refractivity (Wildman–Crippen MR) is 99.8 cm³/mol. The van der Waals surface area contributed by atoms with Gasteiger partial charge in [-0.2, -0.15) is 4.98 Å². The number of methoxy groups -OCH3 is 1. The Kier molecular flexibility index (Phi) is 7.11. The van der Waals surface area contributed by atoms with E-state index in [-0.39, 0.29) is 17.6 Å². The molecule has 0 aromatic carbocycles. The Morgan fingerprint density at radius 1 is 1.30 bits per heavy atom. The van der Waals surface area contributed by atoms with E-state index >= 15 is 0 Å². The van der Waals surface area contributed by atoms with Crippen molar-refractivity contribution in [2.45, 2.75) is 12.6 Å². The molecule has 1 fully saturated rings. The molecule has 2 atom stereocenters. The molecule has 1 amide bonds.